The molecular formula is C16H24N2O3S. The van der Waals surface area contributed by atoms with Gasteiger partial charge in [0.15, 0.2) is 0 Å². The van der Waals surface area contributed by atoms with Crippen LogP contribution in [0.4, 0.5) is 0 Å². The van der Waals surface area contributed by atoms with Crippen molar-refractivity contribution in [1.82, 2.24) is 4.72 Å². The van der Waals surface area contributed by atoms with Crippen molar-refractivity contribution in [2.75, 3.05) is 13.2 Å². The number of benzene rings is 1. The second-order valence-electron chi connectivity index (χ2n) is 5.95. The van der Waals surface area contributed by atoms with Crippen LogP contribution in [-0.2, 0) is 10.0 Å². The zero-order valence-electron chi connectivity index (χ0n) is 13.3. The van der Waals surface area contributed by atoms with Crippen LogP contribution < -0.4 is 4.72 Å². The van der Waals surface area contributed by atoms with Gasteiger partial charge >= 0.3 is 0 Å². The number of aliphatic hydroxyl groups excluding tert-OH is 1. The smallest absolute Gasteiger partial charge is 0.240 e. The third kappa shape index (κ3) is 5.41. The van der Waals surface area contributed by atoms with E-state index in [1.165, 1.54) is 6.07 Å². The minimum Gasteiger partial charge on any atom is -0.396 e. The minimum absolute atomic E-state index is 0.0437. The van der Waals surface area contributed by atoms with Gasteiger partial charge < -0.3 is 5.11 Å². The molecule has 0 fully saturated rings. The zero-order valence-corrected chi connectivity index (χ0v) is 14.2. The van der Waals surface area contributed by atoms with Crippen molar-refractivity contribution in [3.05, 3.63) is 29.3 Å². The summed E-state index contributed by atoms with van der Waals surface area (Å²) in [6.45, 7) is 6.17. The summed E-state index contributed by atoms with van der Waals surface area (Å²) in [5, 5.41) is 18.0. The number of sulfonamides is 1. The van der Waals surface area contributed by atoms with Crippen LogP contribution in [0.1, 0.15) is 37.8 Å². The van der Waals surface area contributed by atoms with Crippen molar-refractivity contribution in [2.24, 2.45) is 11.8 Å². The molecule has 0 aromatic heterocycles. The predicted molar refractivity (Wildman–Crippen MR) is 85.7 cm³/mol. The Labute approximate surface area is 133 Å². The van der Waals surface area contributed by atoms with Gasteiger partial charge in [-0.25, -0.2) is 13.1 Å². The molecule has 0 bridgehead atoms. The fraction of sp³-hybridized carbons (Fsp3) is 0.562. The van der Waals surface area contributed by atoms with Gasteiger partial charge in [0.2, 0.25) is 10.0 Å². The molecule has 1 aromatic rings. The van der Waals surface area contributed by atoms with Crippen molar-refractivity contribution in [2.45, 2.75) is 38.5 Å². The maximum Gasteiger partial charge on any atom is 0.240 e. The van der Waals surface area contributed by atoms with Gasteiger partial charge in [-0.1, -0.05) is 19.9 Å². The number of nitrogens with zero attached hydrogens (tertiary/aromatic N) is 1. The number of hydrogen-bond acceptors (Lipinski definition) is 4. The van der Waals surface area contributed by atoms with Crippen molar-refractivity contribution < 1.29 is 13.5 Å². The molecule has 1 aromatic carbocycles. The van der Waals surface area contributed by atoms with E-state index in [0.29, 0.717) is 23.5 Å². The lowest BCUT2D eigenvalue weighted by atomic mass is 9.95. The second-order valence-corrected chi connectivity index (χ2v) is 7.69. The maximum absolute atomic E-state index is 12.4. The quantitative estimate of drug-likeness (QED) is 0.767. The van der Waals surface area contributed by atoms with E-state index in [1.54, 1.807) is 19.1 Å². The lowest BCUT2D eigenvalue weighted by Crippen LogP contribution is -2.31. The summed E-state index contributed by atoms with van der Waals surface area (Å²) >= 11 is 0. The van der Waals surface area contributed by atoms with Crippen molar-refractivity contribution in [1.29, 1.82) is 5.26 Å². The molecule has 22 heavy (non-hydrogen) atoms. The average molecular weight is 324 g/mol. The first-order valence-electron chi connectivity index (χ1n) is 7.41. The van der Waals surface area contributed by atoms with E-state index in [2.05, 4.69) is 18.6 Å². The molecule has 1 atom stereocenters. The van der Waals surface area contributed by atoms with Gasteiger partial charge in [0.25, 0.3) is 0 Å². The van der Waals surface area contributed by atoms with E-state index in [-0.39, 0.29) is 24.0 Å². The Morgan fingerprint density at radius 2 is 2.05 bits per heavy atom. The molecule has 1 unspecified atom stereocenters. The van der Waals surface area contributed by atoms with Crippen LogP contribution in [0.15, 0.2) is 23.1 Å². The summed E-state index contributed by atoms with van der Waals surface area (Å²) in [5.74, 6) is 0.531. The second kappa shape index (κ2) is 8.28. The molecule has 1 rings (SSSR count). The van der Waals surface area contributed by atoms with E-state index >= 15 is 0 Å². The van der Waals surface area contributed by atoms with Gasteiger partial charge in [0, 0.05) is 13.2 Å². The first kappa shape index (κ1) is 18.6. The van der Waals surface area contributed by atoms with E-state index in [1.807, 2.05) is 6.07 Å². The Bertz CT molecular complexity index is 633. The van der Waals surface area contributed by atoms with Crippen molar-refractivity contribution in [3.63, 3.8) is 0 Å². The summed E-state index contributed by atoms with van der Waals surface area (Å²) in [6.07, 6.45) is 1.41. The molecule has 0 saturated carbocycles. The van der Waals surface area contributed by atoms with Gasteiger partial charge in [-0.2, -0.15) is 5.26 Å². The van der Waals surface area contributed by atoms with E-state index < -0.39 is 10.0 Å². The number of aryl methyl sites for hydroxylation is 1. The van der Waals surface area contributed by atoms with Gasteiger partial charge in [-0.3, -0.25) is 0 Å². The van der Waals surface area contributed by atoms with Crippen molar-refractivity contribution >= 4 is 10.0 Å². The minimum atomic E-state index is -3.66. The standard InChI is InChI=1S/C16H24N2O3S/c1-12(2)8-15(6-7-19)11-18-22(20,21)16-9-14(10-17)5-4-13(16)3/h4-5,9,12,15,18-19H,6-8,11H2,1-3H3. The first-order chi connectivity index (χ1) is 10.3. The Kier molecular flexibility index (Phi) is 7.01. The van der Waals surface area contributed by atoms with Gasteiger partial charge in [0.1, 0.15) is 0 Å². The third-order valence-corrected chi connectivity index (χ3v) is 5.08. The molecule has 0 saturated heterocycles. The summed E-state index contributed by atoms with van der Waals surface area (Å²) in [5.41, 5.74) is 0.925. The maximum atomic E-state index is 12.4. The van der Waals surface area contributed by atoms with E-state index in [0.717, 1.165) is 6.42 Å². The predicted octanol–water partition coefficient (Wildman–Crippen LogP) is 2.19. The normalized spacial score (nSPS) is 13.1. The third-order valence-electron chi connectivity index (χ3n) is 3.51. The van der Waals surface area contributed by atoms with Crippen LogP contribution in [-0.4, -0.2) is 26.7 Å². The molecule has 0 aliphatic carbocycles. The molecule has 0 aliphatic heterocycles. The number of rotatable bonds is 8. The van der Waals surface area contributed by atoms with E-state index in [9.17, 15) is 8.42 Å². The highest BCUT2D eigenvalue weighted by atomic mass is 32.2. The lowest BCUT2D eigenvalue weighted by molar-refractivity contribution is 0.243. The Morgan fingerprint density at radius 1 is 1.36 bits per heavy atom. The molecule has 5 nitrogen and oxygen atoms in total. The number of nitrogens with one attached hydrogen (secondary N) is 1. The topological polar surface area (TPSA) is 90.2 Å². The van der Waals surface area contributed by atoms with Crippen LogP contribution in [0.5, 0.6) is 0 Å². The molecule has 6 heteroatoms. The fourth-order valence-electron chi connectivity index (χ4n) is 2.42. The van der Waals surface area contributed by atoms with Gasteiger partial charge in [0.05, 0.1) is 16.5 Å². The molecule has 0 amide bonds. The molecule has 0 aliphatic rings. The highest BCUT2D eigenvalue weighted by Crippen LogP contribution is 2.19. The Hall–Kier alpha value is -1.42. The Balaban J connectivity index is 2.89. The molecule has 0 radical (unpaired) electrons. The van der Waals surface area contributed by atoms with Gasteiger partial charge in [-0.05, 0) is 49.3 Å². The largest absolute Gasteiger partial charge is 0.396 e. The van der Waals surface area contributed by atoms with E-state index in [4.69, 9.17) is 10.4 Å². The number of nitriles is 1. The monoisotopic (exact) mass is 324 g/mol. The molecule has 122 valence electrons. The number of aliphatic hydroxyl groups is 1. The number of hydrogen-bond donors (Lipinski definition) is 2. The highest BCUT2D eigenvalue weighted by molar-refractivity contribution is 7.89. The van der Waals surface area contributed by atoms with Crippen LogP contribution in [0, 0.1) is 30.1 Å². The summed E-state index contributed by atoms with van der Waals surface area (Å²) < 4.78 is 27.5. The van der Waals surface area contributed by atoms with Crippen LogP contribution >= 0.6 is 0 Å². The SMILES string of the molecule is Cc1ccc(C#N)cc1S(=O)(=O)NCC(CCO)CC(C)C. The summed E-state index contributed by atoms with van der Waals surface area (Å²) in [7, 11) is -3.66. The molecular weight excluding hydrogens is 300 g/mol. The van der Waals surface area contributed by atoms with Crippen LogP contribution in [0.2, 0.25) is 0 Å². The van der Waals surface area contributed by atoms with Crippen molar-refractivity contribution in [3.8, 4) is 6.07 Å². The summed E-state index contributed by atoms with van der Waals surface area (Å²) in [6, 6.07) is 6.57. The fourth-order valence-corrected chi connectivity index (χ4v) is 3.80. The Morgan fingerprint density at radius 3 is 2.59 bits per heavy atom. The van der Waals surface area contributed by atoms with Crippen LogP contribution in [0.25, 0.3) is 0 Å². The van der Waals surface area contributed by atoms with Crippen LogP contribution in [0.3, 0.4) is 0 Å². The zero-order chi connectivity index (χ0) is 16.8. The molecule has 0 spiro atoms. The lowest BCUT2D eigenvalue weighted by Gasteiger charge is -2.19. The highest BCUT2D eigenvalue weighted by Gasteiger charge is 2.20. The molecule has 0 heterocycles. The summed E-state index contributed by atoms with van der Waals surface area (Å²) in [4.78, 5) is 0.138. The average Bonchev–Trinajstić information content (AvgIpc) is 2.45. The van der Waals surface area contributed by atoms with Gasteiger partial charge in [-0.15, -0.1) is 0 Å². The first-order valence-corrected chi connectivity index (χ1v) is 8.89. The molecule has 2 N–H and O–H groups in total.